The standard InChI is InChI=1S/C10H16O3/c1-6-7(5-11)10(2,3)4-8(12)9(6)13/h5-8,12H,4H2,1-3H3. The van der Waals surface area contributed by atoms with Crippen LogP contribution in [0.4, 0.5) is 0 Å². The van der Waals surface area contributed by atoms with Crippen LogP contribution in [0.25, 0.3) is 0 Å². The smallest absolute Gasteiger partial charge is 0.164 e. The van der Waals surface area contributed by atoms with Crippen LogP contribution in [-0.2, 0) is 9.59 Å². The molecule has 1 saturated carbocycles. The van der Waals surface area contributed by atoms with Crippen molar-refractivity contribution in [3.05, 3.63) is 0 Å². The Kier molecular flexibility index (Phi) is 2.57. The molecule has 3 heteroatoms. The van der Waals surface area contributed by atoms with Gasteiger partial charge in [0.1, 0.15) is 12.4 Å². The number of hydrogen-bond donors (Lipinski definition) is 1. The van der Waals surface area contributed by atoms with Crippen molar-refractivity contribution in [2.75, 3.05) is 0 Å². The summed E-state index contributed by atoms with van der Waals surface area (Å²) in [5.74, 6) is -0.809. The van der Waals surface area contributed by atoms with Gasteiger partial charge in [-0.3, -0.25) is 4.79 Å². The highest BCUT2D eigenvalue weighted by molar-refractivity contribution is 5.88. The lowest BCUT2D eigenvalue weighted by Gasteiger charge is -2.40. The number of ketones is 1. The molecule has 1 rings (SSSR count). The predicted octanol–water partition coefficient (Wildman–Crippen LogP) is 0.797. The van der Waals surface area contributed by atoms with Crippen molar-refractivity contribution in [2.24, 2.45) is 17.3 Å². The normalized spacial score (nSPS) is 38.8. The van der Waals surface area contributed by atoms with Crippen LogP contribution in [0.5, 0.6) is 0 Å². The third kappa shape index (κ3) is 1.66. The van der Waals surface area contributed by atoms with Crippen LogP contribution in [0.2, 0.25) is 0 Å². The van der Waals surface area contributed by atoms with Crippen LogP contribution in [0.1, 0.15) is 27.2 Å². The molecule has 0 spiro atoms. The zero-order valence-corrected chi connectivity index (χ0v) is 8.28. The van der Waals surface area contributed by atoms with E-state index in [1.165, 1.54) is 0 Å². The third-order valence-corrected chi connectivity index (χ3v) is 3.08. The average molecular weight is 184 g/mol. The van der Waals surface area contributed by atoms with E-state index in [4.69, 9.17) is 0 Å². The number of carbonyl (C=O) groups excluding carboxylic acids is 2. The lowest BCUT2D eigenvalue weighted by atomic mass is 9.63. The minimum atomic E-state index is -0.888. The zero-order chi connectivity index (χ0) is 10.2. The van der Waals surface area contributed by atoms with E-state index in [-0.39, 0.29) is 23.0 Å². The first-order valence-electron chi connectivity index (χ1n) is 4.57. The molecule has 0 heterocycles. The van der Waals surface area contributed by atoms with Crippen LogP contribution in [0, 0.1) is 17.3 Å². The Morgan fingerprint density at radius 2 is 2.08 bits per heavy atom. The quantitative estimate of drug-likeness (QED) is 0.613. The van der Waals surface area contributed by atoms with Gasteiger partial charge in [-0.1, -0.05) is 20.8 Å². The molecule has 0 radical (unpaired) electrons. The Hall–Kier alpha value is -0.700. The highest BCUT2D eigenvalue weighted by Crippen LogP contribution is 2.41. The van der Waals surface area contributed by atoms with Crippen molar-refractivity contribution in [1.82, 2.24) is 0 Å². The van der Waals surface area contributed by atoms with Crippen LogP contribution in [-0.4, -0.2) is 23.3 Å². The number of aliphatic hydroxyl groups is 1. The summed E-state index contributed by atoms with van der Waals surface area (Å²) in [4.78, 5) is 22.2. The molecular formula is C10H16O3. The van der Waals surface area contributed by atoms with E-state index in [2.05, 4.69) is 0 Å². The van der Waals surface area contributed by atoms with Crippen molar-refractivity contribution < 1.29 is 14.7 Å². The summed E-state index contributed by atoms with van der Waals surface area (Å²) >= 11 is 0. The van der Waals surface area contributed by atoms with Gasteiger partial charge in [0, 0.05) is 11.8 Å². The summed E-state index contributed by atoms with van der Waals surface area (Å²) in [6, 6.07) is 0. The average Bonchev–Trinajstić information content (AvgIpc) is 2.00. The number of carbonyl (C=O) groups is 2. The van der Waals surface area contributed by atoms with E-state index in [0.717, 1.165) is 6.29 Å². The first-order chi connectivity index (χ1) is 5.90. The molecule has 1 fully saturated rings. The van der Waals surface area contributed by atoms with Crippen LogP contribution in [0.15, 0.2) is 0 Å². The third-order valence-electron chi connectivity index (χ3n) is 3.08. The van der Waals surface area contributed by atoms with Gasteiger partial charge >= 0.3 is 0 Å². The summed E-state index contributed by atoms with van der Waals surface area (Å²) in [7, 11) is 0. The molecule has 3 atom stereocenters. The van der Waals surface area contributed by atoms with E-state index in [1.807, 2.05) is 13.8 Å². The summed E-state index contributed by atoms with van der Waals surface area (Å²) in [5.41, 5.74) is -0.269. The van der Waals surface area contributed by atoms with Crippen molar-refractivity contribution in [2.45, 2.75) is 33.3 Å². The largest absolute Gasteiger partial charge is 0.385 e. The second kappa shape index (κ2) is 3.22. The summed E-state index contributed by atoms with van der Waals surface area (Å²) in [5, 5.41) is 9.43. The van der Waals surface area contributed by atoms with Gasteiger partial charge in [0.2, 0.25) is 0 Å². The first kappa shape index (κ1) is 10.4. The molecule has 3 unspecified atom stereocenters. The molecule has 3 nitrogen and oxygen atoms in total. The molecule has 0 bridgehead atoms. The molecule has 1 aliphatic rings. The zero-order valence-electron chi connectivity index (χ0n) is 8.28. The molecular weight excluding hydrogens is 168 g/mol. The van der Waals surface area contributed by atoms with Crippen LogP contribution >= 0.6 is 0 Å². The molecule has 0 saturated heterocycles. The van der Waals surface area contributed by atoms with Gasteiger partial charge in [-0.25, -0.2) is 0 Å². The SMILES string of the molecule is CC1C(=O)C(O)CC(C)(C)C1C=O. The summed E-state index contributed by atoms with van der Waals surface area (Å²) in [6.07, 6.45) is 0.342. The molecule has 13 heavy (non-hydrogen) atoms. The first-order valence-corrected chi connectivity index (χ1v) is 4.57. The Balaban J connectivity index is 2.94. The fourth-order valence-electron chi connectivity index (χ4n) is 2.19. The molecule has 1 N–H and O–H groups in total. The fraction of sp³-hybridized carbons (Fsp3) is 0.800. The fourth-order valence-corrected chi connectivity index (χ4v) is 2.19. The van der Waals surface area contributed by atoms with E-state index in [1.54, 1.807) is 6.92 Å². The topological polar surface area (TPSA) is 54.4 Å². The Morgan fingerprint density at radius 1 is 1.54 bits per heavy atom. The number of aldehydes is 1. The summed E-state index contributed by atoms with van der Waals surface area (Å²) < 4.78 is 0. The van der Waals surface area contributed by atoms with Crippen LogP contribution in [0.3, 0.4) is 0 Å². The van der Waals surface area contributed by atoms with E-state index >= 15 is 0 Å². The van der Waals surface area contributed by atoms with Crippen LogP contribution < -0.4 is 0 Å². The second-order valence-electron chi connectivity index (χ2n) is 4.56. The monoisotopic (exact) mass is 184 g/mol. The number of Topliss-reactive ketones (excluding diaryl/α,β-unsaturated/α-hetero) is 1. The van der Waals surface area contributed by atoms with E-state index in [9.17, 15) is 14.7 Å². The molecule has 1 aliphatic carbocycles. The molecule has 0 aromatic heterocycles. The highest BCUT2D eigenvalue weighted by Gasteiger charge is 2.45. The van der Waals surface area contributed by atoms with E-state index in [0.29, 0.717) is 6.42 Å². The highest BCUT2D eigenvalue weighted by atomic mass is 16.3. The maximum Gasteiger partial charge on any atom is 0.164 e. The molecule has 74 valence electrons. The summed E-state index contributed by atoms with van der Waals surface area (Å²) in [6.45, 7) is 5.54. The molecule has 0 aliphatic heterocycles. The van der Waals surface area contributed by atoms with Gasteiger partial charge in [-0.05, 0) is 11.8 Å². The maximum atomic E-state index is 11.4. The molecule has 0 aromatic rings. The van der Waals surface area contributed by atoms with Gasteiger partial charge in [-0.15, -0.1) is 0 Å². The van der Waals surface area contributed by atoms with Crippen molar-refractivity contribution in [3.8, 4) is 0 Å². The Bertz CT molecular complexity index is 232. The van der Waals surface area contributed by atoms with Crippen molar-refractivity contribution >= 4 is 12.1 Å². The van der Waals surface area contributed by atoms with E-state index < -0.39 is 6.10 Å². The second-order valence-corrected chi connectivity index (χ2v) is 4.56. The minimum Gasteiger partial charge on any atom is -0.385 e. The van der Waals surface area contributed by atoms with Crippen molar-refractivity contribution in [1.29, 1.82) is 0 Å². The lowest BCUT2D eigenvalue weighted by molar-refractivity contribution is -0.145. The van der Waals surface area contributed by atoms with Gasteiger partial charge in [-0.2, -0.15) is 0 Å². The molecule has 0 aromatic carbocycles. The van der Waals surface area contributed by atoms with Gasteiger partial charge in [0.15, 0.2) is 5.78 Å². The van der Waals surface area contributed by atoms with Gasteiger partial charge < -0.3 is 9.90 Å². The Morgan fingerprint density at radius 3 is 2.54 bits per heavy atom. The molecule has 0 amide bonds. The van der Waals surface area contributed by atoms with Gasteiger partial charge in [0.25, 0.3) is 0 Å². The lowest BCUT2D eigenvalue weighted by Crippen LogP contribution is -2.47. The number of aliphatic hydroxyl groups excluding tert-OH is 1. The predicted molar refractivity (Wildman–Crippen MR) is 48.1 cm³/mol. The Labute approximate surface area is 78.1 Å². The van der Waals surface area contributed by atoms with Crippen molar-refractivity contribution in [3.63, 3.8) is 0 Å². The number of hydrogen-bond acceptors (Lipinski definition) is 3. The maximum absolute atomic E-state index is 11.4. The number of rotatable bonds is 1. The van der Waals surface area contributed by atoms with Gasteiger partial charge in [0.05, 0.1) is 0 Å². The minimum absolute atomic E-state index is 0.198.